The van der Waals surface area contributed by atoms with E-state index in [9.17, 15) is 26.4 Å². The summed E-state index contributed by atoms with van der Waals surface area (Å²) in [7, 11) is -6.31. The summed E-state index contributed by atoms with van der Waals surface area (Å²) in [5.74, 6) is 2.09. The van der Waals surface area contributed by atoms with Gasteiger partial charge in [0.15, 0.2) is 0 Å². The van der Waals surface area contributed by atoms with Crippen LogP contribution in [0.15, 0.2) is 73.3 Å². The van der Waals surface area contributed by atoms with Gasteiger partial charge in [0, 0.05) is 168 Å². The number of hydrogen-bond acceptors (Lipinski definition) is 15. The van der Waals surface area contributed by atoms with Crippen molar-refractivity contribution in [2.45, 2.75) is 168 Å². The molecule has 4 N–H and O–H groups in total. The van der Waals surface area contributed by atoms with E-state index in [-0.39, 0.29) is 22.9 Å². The van der Waals surface area contributed by atoms with E-state index in [1.807, 2.05) is 48.4 Å². The van der Waals surface area contributed by atoms with Crippen LogP contribution in [0.1, 0.15) is 168 Å². The van der Waals surface area contributed by atoms with Crippen LogP contribution in [0, 0.1) is 0 Å². The highest BCUT2D eigenvalue weighted by Crippen LogP contribution is 2.43. The minimum absolute atomic E-state index is 0.152. The molecule has 8 aromatic rings. The quantitative estimate of drug-likeness (QED) is 0.0994. The molecule has 0 atom stereocenters. The van der Waals surface area contributed by atoms with Crippen LogP contribution in [-0.4, -0.2) is 215 Å². The first-order valence-electron chi connectivity index (χ1n) is 35.7. The summed E-state index contributed by atoms with van der Waals surface area (Å²) in [6.07, 6.45) is 23.0. The smallest absolute Gasteiger partial charge is 0.220 e. The number of sulfonamides is 2. The molecule has 0 spiro atoms. The Morgan fingerprint density at radius 2 is 0.806 bits per heavy atom. The Balaban J connectivity index is 0.000000124. The monoisotopic (exact) mass is 1380 g/mol. The normalized spacial score (nSPS) is 20.5. The number of rotatable bonds is 10. The highest BCUT2D eigenvalue weighted by molar-refractivity contribution is 7.88. The number of anilines is 5. The van der Waals surface area contributed by atoms with E-state index >= 15 is 0 Å². The highest BCUT2D eigenvalue weighted by Gasteiger charge is 2.41. The van der Waals surface area contributed by atoms with E-state index in [0.29, 0.717) is 63.6 Å². The molecule has 0 radical (unpaired) electrons. The van der Waals surface area contributed by atoms with Crippen molar-refractivity contribution in [2.75, 3.05) is 135 Å². The summed E-state index contributed by atoms with van der Waals surface area (Å²) < 4.78 is 50.9. The molecule has 23 nitrogen and oxygen atoms in total. The second-order valence-electron chi connectivity index (χ2n) is 30.7. The number of hydrogen-bond donors (Lipinski definition) is 4. The van der Waals surface area contributed by atoms with Crippen LogP contribution in [0.25, 0.3) is 43.6 Å². The summed E-state index contributed by atoms with van der Waals surface area (Å²) in [4.78, 5) is 39.6. The lowest BCUT2D eigenvalue weighted by atomic mass is 9.94. The summed E-state index contributed by atoms with van der Waals surface area (Å²) in [5.41, 5.74) is 13.7. The summed E-state index contributed by atoms with van der Waals surface area (Å²) in [6.45, 7) is 31.9. The fraction of sp³-hybridized carbons (Fsp3) is 0.589. The summed E-state index contributed by atoms with van der Waals surface area (Å²) >= 11 is 0. The number of H-pyrrole nitrogens is 4. The van der Waals surface area contributed by atoms with Gasteiger partial charge >= 0.3 is 0 Å². The highest BCUT2D eigenvalue weighted by atomic mass is 32.2. The van der Waals surface area contributed by atoms with Crippen molar-refractivity contribution in [2.24, 2.45) is 0 Å². The van der Waals surface area contributed by atoms with E-state index in [2.05, 4.69) is 155 Å². The van der Waals surface area contributed by atoms with Crippen molar-refractivity contribution in [3.63, 3.8) is 0 Å². The molecule has 7 aliphatic rings. The number of piperazine rings is 4. The standard InChI is InChI=1S/C20H28N4O.C19H28N4O2S.C18H26N4O.C16H23N5O2S/c1-14(25)24-9-8-23(13-20(24,2)3)19-11-16(15-6-4-5-7-15)10-18-17(19)12-21-22-18;1-19(2)13-22(8-9-23(19)26(3,24)25)18-11-15(14-6-4-5-7-14)10-17-16(18)12-20-21-17;1-12(2)14-8-16-15(10-19-20-16)17(9-14)21-6-7-22(13(3)23)18(4,5)11-21;1-24(22,23)21-8-6-20(7-9-21)16-11-13(19-4-2-3-5-19)10-15-14(16)12-17-18-15/h10-12,15H,4-9,13H2,1-3H3,(H,21,22);10-12,14H,4-9,13H2,1-3H3,(H,20,21);8-10,12H,6-7,11H2,1-5H3,(H,19,20);10-12H,2-9H2,1H3,(H,17,18). The molecule has 4 aromatic heterocycles. The maximum Gasteiger partial charge on any atom is 0.220 e. The third-order valence-corrected chi connectivity index (χ3v) is 24.6. The molecule has 5 saturated heterocycles. The van der Waals surface area contributed by atoms with Crippen LogP contribution in [0.4, 0.5) is 28.4 Å². The van der Waals surface area contributed by atoms with Crippen LogP contribution >= 0.6 is 0 Å². The summed E-state index contributed by atoms with van der Waals surface area (Å²) in [5, 5.41) is 34.0. The van der Waals surface area contributed by atoms with Crippen molar-refractivity contribution >= 4 is 104 Å². The molecule has 15 rings (SSSR count). The van der Waals surface area contributed by atoms with Gasteiger partial charge in [0.2, 0.25) is 31.9 Å². The van der Waals surface area contributed by atoms with Gasteiger partial charge in [-0.1, -0.05) is 39.5 Å². The van der Waals surface area contributed by atoms with Gasteiger partial charge < -0.3 is 34.3 Å². The lowest BCUT2D eigenvalue weighted by Crippen LogP contribution is -2.60. The van der Waals surface area contributed by atoms with E-state index in [1.54, 1.807) is 22.5 Å². The number of nitrogens with zero attached hydrogens (tertiary/aromatic N) is 13. The van der Waals surface area contributed by atoms with E-state index in [4.69, 9.17) is 0 Å². The number of fused-ring (bicyclic) bond motifs is 4. The predicted molar refractivity (Wildman–Crippen MR) is 396 cm³/mol. The van der Waals surface area contributed by atoms with E-state index in [0.717, 1.165) is 96.3 Å². The molecular formula is C73H105N17O6S2. The Hall–Kier alpha value is -7.48. The number of carbonyl (C=O) groups excluding carboxylic acids is 2. The van der Waals surface area contributed by atoms with Crippen LogP contribution in [0.2, 0.25) is 0 Å². The Morgan fingerprint density at radius 1 is 0.429 bits per heavy atom. The third-order valence-electron chi connectivity index (χ3n) is 21.9. The molecule has 5 aliphatic heterocycles. The van der Waals surface area contributed by atoms with Crippen molar-refractivity contribution in [1.82, 2.24) is 59.2 Å². The lowest BCUT2D eigenvalue weighted by molar-refractivity contribution is -0.135. The fourth-order valence-corrected chi connectivity index (χ4v) is 19.0. The average Bonchev–Trinajstić information content (AvgIpc) is 1.21. The molecule has 7 fully saturated rings. The second-order valence-corrected chi connectivity index (χ2v) is 34.6. The molecule has 2 aliphatic carbocycles. The number of amides is 2. The van der Waals surface area contributed by atoms with E-state index < -0.39 is 25.6 Å². The van der Waals surface area contributed by atoms with Gasteiger partial charge in [-0.05, 0) is 163 Å². The van der Waals surface area contributed by atoms with Crippen LogP contribution in [-0.2, 0) is 29.6 Å². The van der Waals surface area contributed by atoms with Gasteiger partial charge in [-0.2, -0.15) is 29.0 Å². The Labute approximate surface area is 579 Å². The predicted octanol–water partition coefficient (Wildman–Crippen LogP) is 11.1. The number of nitrogens with one attached hydrogen (secondary N) is 4. The zero-order valence-corrected chi connectivity index (χ0v) is 61.6. The first-order valence-corrected chi connectivity index (χ1v) is 39.3. The number of benzene rings is 4. The third kappa shape index (κ3) is 15.2. The van der Waals surface area contributed by atoms with E-state index in [1.165, 1.54) is 122 Å². The minimum atomic E-state index is -3.20. The zero-order valence-electron chi connectivity index (χ0n) is 59.9. The van der Waals surface area contributed by atoms with Crippen molar-refractivity contribution in [1.29, 1.82) is 0 Å². The van der Waals surface area contributed by atoms with Gasteiger partial charge in [-0.3, -0.25) is 30.0 Å². The van der Waals surface area contributed by atoms with Crippen LogP contribution < -0.4 is 24.5 Å². The van der Waals surface area contributed by atoms with Gasteiger partial charge in [0.25, 0.3) is 0 Å². The Kier molecular flexibility index (Phi) is 20.3. The molecule has 98 heavy (non-hydrogen) atoms. The average molecular weight is 1380 g/mol. The second kappa shape index (κ2) is 28.3. The van der Waals surface area contributed by atoms with Crippen LogP contribution in [0.5, 0.6) is 0 Å². The lowest BCUT2D eigenvalue weighted by Gasteiger charge is -2.47. The zero-order chi connectivity index (χ0) is 69.6. The molecule has 0 bridgehead atoms. The van der Waals surface area contributed by atoms with Crippen molar-refractivity contribution in [3.8, 4) is 0 Å². The van der Waals surface area contributed by atoms with Crippen LogP contribution in [0.3, 0.4) is 0 Å². The molecule has 530 valence electrons. The SMILES string of the molecule is CC(=O)N1CCN(c2cc(C(C)C)cc3[nH]ncc23)CC1(C)C.CC(=O)N1CCN(c2cc(C3CCCC3)cc3[nH]ncc23)CC1(C)C.CC1(C)CN(c2cc(C3CCCC3)cc3[nH]ncc23)CCN1S(C)(=O)=O.CS(=O)(=O)N1CCN(c2cc(N3CCCC3)cc3[nH]ncc23)CC1. The largest absolute Gasteiger partial charge is 0.371 e. The Morgan fingerprint density at radius 3 is 1.19 bits per heavy atom. The molecule has 25 heteroatoms. The maximum absolute atomic E-state index is 12.1. The Bertz CT molecular complexity index is 4370. The first-order chi connectivity index (χ1) is 46.5. The topological polar surface area (TPSA) is 246 Å². The van der Waals surface area contributed by atoms with Gasteiger partial charge in [-0.15, -0.1) is 0 Å². The number of aromatic nitrogens is 8. The van der Waals surface area contributed by atoms with Gasteiger partial charge in [0.1, 0.15) is 0 Å². The fourth-order valence-electron chi connectivity index (χ4n) is 16.8. The number of carbonyl (C=O) groups is 2. The summed E-state index contributed by atoms with van der Waals surface area (Å²) in [6, 6.07) is 18.1. The molecule has 2 saturated carbocycles. The van der Waals surface area contributed by atoms with Crippen molar-refractivity contribution < 1.29 is 26.4 Å². The number of aromatic amines is 4. The molecule has 9 heterocycles. The molecule has 0 unspecified atom stereocenters. The van der Waals surface area contributed by atoms with Gasteiger partial charge in [-0.25, -0.2) is 16.8 Å². The minimum Gasteiger partial charge on any atom is -0.371 e. The maximum atomic E-state index is 12.1. The molecular weight excluding hydrogens is 1280 g/mol. The van der Waals surface area contributed by atoms with Crippen molar-refractivity contribution in [3.05, 3.63) is 90.0 Å². The first kappa shape index (κ1) is 70.4. The molecule has 2 amide bonds. The molecule has 4 aromatic carbocycles. The van der Waals surface area contributed by atoms with Gasteiger partial charge in [0.05, 0.1) is 70.4 Å².